The first kappa shape index (κ1) is 11.7. The molecule has 2 heteroatoms. The van der Waals surface area contributed by atoms with Crippen molar-refractivity contribution in [2.75, 3.05) is 6.61 Å². The van der Waals surface area contributed by atoms with E-state index in [-0.39, 0.29) is 12.6 Å². The minimum atomic E-state index is 0.218. The van der Waals surface area contributed by atoms with Crippen molar-refractivity contribution in [2.24, 2.45) is 4.99 Å². The summed E-state index contributed by atoms with van der Waals surface area (Å²) in [4.78, 5) is 4.19. The van der Waals surface area contributed by atoms with E-state index in [1.807, 2.05) is 0 Å². The van der Waals surface area contributed by atoms with E-state index in [4.69, 9.17) is 5.11 Å². The zero-order valence-corrected chi connectivity index (χ0v) is 9.34. The second-order valence-corrected chi connectivity index (χ2v) is 4.19. The first-order valence-electron chi connectivity index (χ1n) is 6.06. The lowest BCUT2D eigenvalue weighted by molar-refractivity contribution is 0.301. The van der Waals surface area contributed by atoms with Crippen molar-refractivity contribution in [3.63, 3.8) is 0 Å². The fourth-order valence-corrected chi connectivity index (χ4v) is 1.80. The van der Waals surface area contributed by atoms with Crippen LogP contribution in [0.4, 0.5) is 0 Å². The third kappa shape index (κ3) is 4.75. The van der Waals surface area contributed by atoms with Gasteiger partial charge in [-0.1, -0.05) is 45.4 Å². The number of aliphatic imine (C=N–C) groups is 1. The summed E-state index contributed by atoms with van der Waals surface area (Å²) in [6.45, 7) is 2.48. The lowest BCUT2D eigenvalue weighted by atomic mass is 10.1. The Morgan fingerprint density at radius 1 is 1.07 bits per heavy atom. The number of hydrogen-bond donors (Lipinski definition) is 1. The fourth-order valence-electron chi connectivity index (χ4n) is 1.80. The fraction of sp³-hybridized carbons (Fsp3) is 0.917. The molecule has 0 radical (unpaired) electrons. The molecule has 0 aromatic rings. The van der Waals surface area contributed by atoms with Crippen molar-refractivity contribution >= 4 is 5.71 Å². The molecule has 1 rings (SSSR count). The van der Waals surface area contributed by atoms with Crippen LogP contribution in [0.2, 0.25) is 0 Å². The van der Waals surface area contributed by atoms with Gasteiger partial charge in [-0.2, -0.15) is 0 Å². The van der Waals surface area contributed by atoms with Crippen molar-refractivity contribution in [3.05, 3.63) is 0 Å². The second kappa shape index (κ2) is 6.99. The summed E-state index contributed by atoms with van der Waals surface area (Å²) in [6, 6.07) is 0.218. The molecular formula is C12H23NO. The Bertz CT molecular complexity index is 177. The SMILES string of the molecule is CCCCCCCCCC1=NC1CO. The van der Waals surface area contributed by atoms with Gasteiger partial charge < -0.3 is 5.11 Å². The molecule has 0 bridgehead atoms. The second-order valence-electron chi connectivity index (χ2n) is 4.19. The molecule has 1 aliphatic heterocycles. The monoisotopic (exact) mass is 197 g/mol. The Kier molecular flexibility index (Phi) is 5.85. The van der Waals surface area contributed by atoms with Crippen LogP contribution in [0.1, 0.15) is 58.3 Å². The van der Waals surface area contributed by atoms with Crippen LogP contribution in [0.15, 0.2) is 4.99 Å². The summed E-state index contributed by atoms with van der Waals surface area (Å²) in [5, 5.41) is 8.76. The van der Waals surface area contributed by atoms with Gasteiger partial charge in [0.25, 0.3) is 0 Å². The maximum absolute atomic E-state index is 8.76. The van der Waals surface area contributed by atoms with Crippen LogP contribution >= 0.6 is 0 Å². The average molecular weight is 197 g/mol. The number of nitrogens with zero attached hydrogens (tertiary/aromatic N) is 1. The summed E-state index contributed by atoms with van der Waals surface area (Å²) >= 11 is 0. The van der Waals surface area contributed by atoms with Crippen molar-refractivity contribution in [3.8, 4) is 0 Å². The van der Waals surface area contributed by atoms with Gasteiger partial charge in [-0.05, 0) is 12.8 Å². The molecule has 1 heterocycles. The van der Waals surface area contributed by atoms with E-state index in [2.05, 4.69) is 11.9 Å². The predicted octanol–water partition coefficient (Wildman–Crippen LogP) is 2.94. The van der Waals surface area contributed by atoms with Crippen molar-refractivity contribution in [1.82, 2.24) is 0 Å². The van der Waals surface area contributed by atoms with Crippen molar-refractivity contribution in [1.29, 1.82) is 0 Å². The molecule has 0 aliphatic carbocycles. The van der Waals surface area contributed by atoms with Gasteiger partial charge in [0, 0.05) is 5.71 Å². The smallest absolute Gasteiger partial charge is 0.111 e. The zero-order valence-electron chi connectivity index (χ0n) is 9.34. The molecule has 2 nitrogen and oxygen atoms in total. The van der Waals surface area contributed by atoms with E-state index in [1.165, 1.54) is 50.7 Å². The highest BCUT2D eigenvalue weighted by Gasteiger charge is 2.24. The summed E-state index contributed by atoms with van der Waals surface area (Å²) in [5.41, 5.74) is 1.25. The molecule has 0 saturated carbocycles. The van der Waals surface area contributed by atoms with Crippen LogP contribution in [0.5, 0.6) is 0 Å². The van der Waals surface area contributed by atoms with Gasteiger partial charge in [0.1, 0.15) is 6.04 Å². The maximum Gasteiger partial charge on any atom is 0.111 e. The van der Waals surface area contributed by atoms with E-state index in [0.29, 0.717) is 0 Å². The number of aliphatic hydroxyl groups is 1. The summed E-state index contributed by atoms with van der Waals surface area (Å²) in [7, 11) is 0. The molecule has 0 spiro atoms. The highest BCUT2D eigenvalue weighted by atomic mass is 16.3. The van der Waals surface area contributed by atoms with Crippen LogP contribution in [0.25, 0.3) is 0 Å². The van der Waals surface area contributed by atoms with Crippen LogP contribution in [-0.2, 0) is 0 Å². The Morgan fingerprint density at radius 2 is 1.71 bits per heavy atom. The molecule has 0 amide bonds. The molecule has 14 heavy (non-hydrogen) atoms. The van der Waals surface area contributed by atoms with E-state index in [1.54, 1.807) is 0 Å². The molecule has 0 aromatic carbocycles. The van der Waals surface area contributed by atoms with Crippen LogP contribution in [0.3, 0.4) is 0 Å². The van der Waals surface area contributed by atoms with E-state index in [0.717, 1.165) is 6.42 Å². The van der Waals surface area contributed by atoms with Crippen LogP contribution < -0.4 is 0 Å². The highest BCUT2D eigenvalue weighted by molar-refractivity contribution is 6.00. The minimum Gasteiger partial charge on any atom is -0.394 e. The molecule has 0 aromatic heterocycles. The average Bonchev–Trinajstić information content (AvgIpc) is 2.95. The largest absolute Gasteiger partial charge is 0.394 e. The number of aliphatic hydroxyl groups excluding tert-OH is 1. The van der Waals surface area contributed by atoms with Gasteiger partial charge >= 0.3 is 0 Å². The Hall–Kier alpha value is -0.370. The van der Waals surface area contributed by atoms with Gasteiger partial charge in [-0.25, -0.2) is 0 Å². The molecule has 82 valence electrons. The topological polar surface area (TPSA) is 32.6 Å². The van der Waals surface area contributed by atoms with Crippen LogP contribution in [-0.4, -0.2) is 23.5 Å². The molecular weight excluding hydrogens is 174 g/mol. The Morgan fingerprint density at radius 3 is 2.29 bits per heavy atom. The van der Waals surface area contributed by atoms with Gasteiger partial charge in [0.05, 0.1) is 6.61 Å². The minimum absolute atomic E-state index is 0.218. The summed E-state index contributed by atoms with van der Waals surface area (Å²) in [5.74, 6) is 0. The highest BCUT2D eigenvalue weighted by Crippen LogP contribution is 2.18. The number of rotatable bonds is 9. The predicted molar refractivity (Wildman–Crippen MR) is 60.9 cm³/mol. The van der Waals surface area contributed by atoms with Gasteiger partial charge in [-0.3, -0.25) is 4.99 Å². The van der Waals surface area contributed by atoms with E-state index in [9.17, 15) is 0 Å². The molecule has 1 atom stereocenters. The van der Waals surface area contributed by atoms with E-state index < -0.39 is 0 Å². The maximum atomic E-state index is 8.76. The van der Waals surface area contributed by atoms with Gasteiger partial charge in [-0.15, -0.1) is 0 Å². The third-order valence-electron chi connectivity index (χ3n) is 2.85. The number of unbranched alkanes of at least 4 members (excludes halogenated alkanes) is 6. The lowest BCUT2D eigenvalue weighted by Gasteiger charge is -1.99. The molecule has 1 aliphatic rings. The molecule has 1 unspecified atom stereocenters. The van der Waals surface area contributed by atoms with Gasteiger partial charge in [0.2, 0.25) is 0 Å². The quantitative estimate of drug-likeness (QED) is 0.566. The standard InChI is InChI=1S/C12H23NO/c1-2-3-4-5-6-7-8-9-11-12(10-14)13-11/h12,14H,2-10H2,1H3. The molecule has 0 saturated heterocycles. The first-order chi connectivity index (χ1) is 6.88. The summed E-state index contributed by atoms with van der Waals surface area (Å²) in [6.07, 6.45) is 10.6. The lowest BCUT2D eigenvalue weighted by Crippen LogP contribution is -2.02. The normalized spacial score (nSPS) is 19.6. The molecule has 1 N–H and O–H groups in total. The first-order valence-corrected chi connectivity index (χ1v) is 6.06. The zero-order chi connectivity index (χ0) is 10.2. The Labute approximate surface area is 87.4 Å². The third-order valence-corrected chi connectivity index (χ3v) is 2.85. The van der Waals surface area contributed by atoms with Gasteiger partial charge in [0.15, 0.2) is 0 Å². The van der Waals surface area contributed by atoms with Crippen molar-refractivity contribution in [2.45, 2.75) is 64.3 Å². The number of hydrogen-bond acceptors (Lipinski definition) is 2. The Balaban J connectivity index is 1.75. The molecule has 0 fully saturated rings. The van der Waals surface area contributed by atoms with E-state index >= 15 is 0 Å². The van der Waals surface area contributed by atoms with Crippen molar-refractivity contribution < 1.29 is 5.11 Å². The van der Waals surface area contributed by atoms with Crippen LogP contribution in [0, 0.1) is 0 Å². The summed E-state index contributed by atoms with van der Waals surface area (Å²) < 4.78 is 0.